The van der Waals surface area contributed by atoms with Gasteiger partial charge in [-0.15, -0.1) is 0 Å². The van der Waals surface area contributed by atoms with Crippen LogP contribution in [0.1, 0.15) is 26.2 Å². The third-order valence-corrected chi connectivity index (χ3v) is 3.61. The molecule has 1 aliphatic carbocycles. The van der Waals surface area contributed by atoms with Gasteiger partial charge in [-0.2, -0.15) is 0 Å². The van der Waals surface area contributed by atoms with Crippen molar-refractivity contribution in [3.05, 3.63) is 0 Å². The highest BCUT2D eigenvalue weighted by atomic mass is 16.4. The van der Waals surface area contributed by atoms with Gasteiger partial charge in [0, 0.05) is 31.7 Å². The van der Waals surface area contributed by atoms with Gasteiger partial charge >= 0.3 is 12.0 Å². The summed E-state index contributed by atoms with van der Waals surface area (Å²) in [6.07, 6.45) is 3.56. The fourth-order valence-electron chi connectivity index (χ4n) is 2.25. The predicted molar refractivity (Wildman–Crippen MR) is 66.3 cm³/mol. The van der Waals surface area contributed by atoms with Gasteiger partial charge in [-0.1, -0.05) is 6.92 Å². The van der Waals surface area contributed by atoms with E-state index in [0.29, 0.717) is 0 Å². The molecule has 102 valence electrons. The summed E-state index contributed by atoms with van der Waals surface area (Å²) in [5.74, 6) is -1.45. The second-order valence-electron chi connectivity index (χ2n) is 5.31. The molecule has 0 aromatic heterocycles. The zero-order chi connectivity index (χ0) is 13.1. The second kappa shape index (κ2) is 5.56. The topological polar surface area (TPSA) is 81.7 Å². The van der Waals surface area contributed by atoms with Crippen LogP contribution in [-0.4, -0.2) is 53.7 Å². The van der Waals surface area contributed by atoms with E-state index in [1.807, 2.05) is 0 Å². The Kier molecular flexibility index (Phi) is 4.06. The molecule has 0 aromatic carbocycles. The minimum absolute atomic E-state index is 0.167. The maximum atomic E-state index is 11.6. The highest BCUT2D eigenvalue weighted by Crippen LogP contribution is 2.29. The van der Waals surface area contributed by atoms with Gasteiger partial charge in [0.25, 0.3) is 0 Å². The van der Waals surface area contributed by atoms with Crippen molar-refractivity contribution in [2.45, 2.75) is 38.3 Å². The number of hydrogen-bond donors (Lipinski definition) is 3. The van der Waals surface area contributed by atoms with Gasteiger partial charge in [0.2, 0.25) is 0 Å². The lowest BCUT2D eigenvalue weighted by molar-refractivity contribution is -0.140. The van der Waals surface area contributed by atoms with Crippen LogP contribution in [0.2, 0.25) is 0 Å². The Bertz CT molecular complexity index is 331. The van der Waals surface area contributed by atoms with Crippen LogP contribution in [0.4, 0.5) is 4.79 Å². The average molecular weight is 255 g/mol. The van der Waals surface area contributed by atoms with E-state index in [2.05, 4.69) is 15.5 Å². The molecule has 0 spiro atoms. The quantitative estimate of drug-likeness (QED) is 0.657. The highest BCUT2D eigenvalue weighted by Gasteiger charge is 2.34. The molecule has 18 heavy (non-hydrogen) atoms. The van der Waals surface area contributed by atoms with Crippen molar-refractivity contribution in [2.75, 3.05) is 19.6 Å². The number of rotatable bonds is 5. The molecule has 0 bridgehead atoms. The number of carbonyl (C=O) groups is 2. The summed E-state index contributed by atoms with van der Waals surface area (Å²) in [4.78, 5) is 24.6. The second-order valence-corrected chi connectivity index (χ2v) is 5.31. The first-order chi connectivity index (χ1) is 8.56. The maximum Gasteiger partial charge on any atom is 0.315 e. The van der Waals surface area contributed by atoms with E-state index in [1.54, 1.807) is 6.92 Å². The van der Waals surface area contributed by atoms with Gasteiger partial charge in [-0.25, -0.2) is 4.79 Å². The summed E-state index contributed by atoms with van der Waals surface area (Å²) in [5, 5.41) is 14.2. The van der Waals surface area contributed by atoms with E-state index in [-0.39, 0.29) is 18.6 Å². The molecule has 2 unspecified atom stereocenters. The van der Waals surface area contributed by atoms with E-state index in [9.17, 15) is 9.59 Å². The number of amides is 2. The molecule has 0 aromatic rings. The zero-order valence-corrected chi connectivity index (χ0v) is 10.7. The van der Waals surface area contributed by atoms with Crippen molar-refractivity contribution in [1.29, 1.82) is 0 Å². The molecule has 3 N–H and O–H groups in total. The number of carboxylic acids is 1. The van der Waals surface area contributed by atoms with Crippen molar-refractivity contribution in [2.24, 2.45) is 5.92 Å². The molecular formula is C12H21N3O3. The number of carboxylic acid groups (broad SMARTS) is 1. The van der Waals surface area contributed by atoms with Crippen LogP contribution in [0.3, 0.4) is 0 Å². The smallest absolute Gasteiger partial charge is 0.315 e. The van der Waals surface area contributed by atoms with Gasteiger partial charge < -0.3 is 15.7 Å². The number of urea groups is 1. The Morgan fingerprint density at radius 1 is 1.39 bits per heavy atom. The molecular weight excluding hydrogens is 234 g/mol. The summed E-state index contributed by atoms with van der Waals surface area (Å²) in [5.41, 5.74) is 0. The van der Waals surface area contributed by atoms with Crippen molar-refractivity contribution >= 4 is 12.0 Å². The molecule has 1 aliphatic heterocycles. The number of hydrogen-bond acceptors (Lipinski definition) is 3. The van der Waals surface area contributed by atoms with Crippen LogP contribution < -0.4 is 10.6 Å². The molecule has 6 heteroatoms. The summed E-state index contributed by atoms with van der Waals surface area (Å²) < 4.78 is 0. The van der Waals surface area contributed by atoms with Gasteiger partial charge in [0.1, 0.15) is 0 Å². The van der Waals surface area contributed by atoms with Gasteiger partial charge in [0.15, 0.2) is 0 Å². The normalized spacial score (nSPS) is 25.7. The van der Waals surface area contributed by atoms with Crippen LogP contribution in [0.5, 0.6) is 0 Å². The largest absolute Gasteiger partial charge is 0.481 e. The molecule has 6 nitrogen and oxygen atoms in total. The zero-order valence-electron chi connectivity index (χ0n) is 10.7. The summed E-state index contributed by atoms with van der Waals surface area (Å²) in [7, 11) is 0. The third kappa shape index (κ3) is 3.60. The number of aliphatic carboxylic acids is 1. The van der Waals surface area contributed by atoms with Crippen LogP contribution in [-0.2, 0) is 4.79 Å². The molecule has 2 rings (SSSR count). The Hall–Kier alpha value is -1.30. The average Bonchev–Trinajstić information content (AvgIpc) is 3.07. The van der Waals surface area contributed by atoms with Crippen LogP contribution in [0.25, 0.3) is 0 Å². The lowest BCUT2D eigenvalue weighted by Crippen LogP contribution is -2.45. The third-order valence-electron chi connectivity index (χ3n) is 3.61. The monoisotopic (exact) mass is 255 g/mol. The number of nitrogens with one attached hydrogen (secondary N) is 2. The Morgan fingerprint density at radius 2 is 2.11 bits per heavy atom. The lowest BCUT2D eigenvalue weighted by Gasteiger charge is -2.16. The lowest BCUT2D eigenvalue weighted by atomic mass is 10.2. The van der Waals surface area contributed by atoms with E-state index < -0.39 is 11.9 Å². The van der Waals surface area contributed by atoms with Crippen LogP contribution in [0.15, 0.2) is 0 Å². The van der Waals surface area contributed by atoms with Crippen LogP contribution >= 0.6 is 0 Å². The van der Waals surface area contributed by atoms with Crippen molar-refractivity contribution < 1.29 is 14.7 Å². The molecule has 2 aliphatic rings. The number of likely N-dealkylation sites (tertiary alicyclic amines) is 1. The number of nitrogens with zero attached hydrogens (tertiary/aromatic N) is 1. The molecule has 1 saturated carbocycles. The van der Waals surface area contributed by atoms with E-state index in [1.165, 1.54) is 12.8 Å². The molecule has 1 heterocycles. The highest BCUT2D eigenvalue weighted by molar-refractivity contribution is 5.76. The standard InChI is InChI=1S/C12H21N3O3/c1-8(11(16)17)6-13-12(18)14-9-4-5-15(7-9)10-2-3-10/h8-10H,2-7H2,1H3,(H,16,17)(H2,13,14,18). The molecule has 2 fully saturated rings. The molecule has 2 amide bonds. The van der Waals surface area contributed by atoms with E-state index >= 15 is 0 Å². The van der Waals surface area contributed by atoms with Gasteiger partial charge in [-0.3, -0.25) is 9.69 Å². The van der Waals surface area contributed by atoms with Crippen molar-refractivity contribution in [1.82, 2.24) is 15.5 Å². The summed E-state index contributed by atoms with van der Waals surface area (Å²) in [6.45, 7) is 3.72. The van der Waals surface area contributed by atoms with Crippen LogP contribution in [0, 0.1) is 5.92 Å². The first-order valence-corrected chi connectivity index (χ1v) is 6.57. The SMILES string of the molecule is CC(CNC(=O)NC1CCN(C2CC2)C1)C(=O)O. The predicted octanol–water partition coefficient (Wildman–Crippen LogP) is 0.243. The first kappa shape index (κ1) is 13.1. The van der Waals surface area contributed by atoms with Crippen molar-refractivity contribution in [3.63, 3.8) is 0 Å². The molecule has 0 radical (unpaired) electrons. The van der Waals surface area contributed by atoms with Gasteiger partial charge in [0.05, 0.1) is 5.92 Å². The van der Waals surface area contributed by atoms with Crippen molar-refractivity contribution in [3.8, 4) is 0 Å². The van der Waals surface area contributed by atoms with E-state index in [0.717, 1.165) is 25.6 Å². The maximum absolute atomic E-state index is 11.6. The first-order valence-electron chi connectivity index (χ1n) is 6.57. The molecule has 2 atom stereocenters. The minimum atomic E-state index is -0.893. The Labute approximate surface area is 107 Å². The van der Waals surface area contributed by atoms with Gasteiger partial charge in [-0.05, 0) is 19.3 Å². The Balaban J connectivity index is 1.63. The minimum Gasteiger partial charge on any atom is -0.481 e. The summed E-state index contributed by atoms with van der Waals surface area (Å²) >= 11 is 0. The molecule has 1 saturated heterocycles. The Morgan fingerprint density at radius 3 is 2.72 bits per heavy atom. The number of carbonyl (C=O) groups excluding carboxylic acids is 1. The summed E-state index contributed by atoms with van der Waals surface area (Å²) in [6, 6.07) is 0.684. The van der Waals surface area contributed by atoms with E-state index in [4.69, 9.17) is 5.11 Å². The fourth-order valence-corrected chi connectivity index (χ4v) is 2.25. The fraction of sp³-hybridized carbons (Fsp3) is 0.833.